The van der Waals surface area contributed by atoms with Gasteiger partial charge in [-0.15, -0.1) is 0 Å². The van der Waals surface area contributed by atoms with Gasteiger partial charge in [0, 0.05) is 20.2 Å². The molecule has 88 valence electrons. The van der Waals surface area contributed by atoms with E-state index in [1.807, 2.05) is 6.07 Å². The van der Waals surface area contributed by atoms with Gasteiger partial charge in [0.2, 0.25) is 0 Å². The zero-order chi connectivity index (χ0) is 12.8. The number of nitriles is 2. The van der Waals surface area contributed by atoms with E-state index in [4.69, 9.17) is 16.3 Å². The summed E-state index contributed by atoms with van der Waals surface area (Å²) in [6.45, 7) is 0.353. The number of pyridine rings is 1. The van der Waals surface area contributed by atoms with Crippen molar-refractivity contribution < 1.29 is 0 Å². The van der Waals surface area contributed by atoms with Crippen molar-refractivity contribution >= 4 is 11.5 Å². The third-order valence-electron chi connectivity index (χ3n) is 2.36. The Kier molecular flexibility index (Phi) is 4.13. The van der Waals surface area contributed by atoms with Crippen LogP contribution in [0.2, 0.25) is 0 Å². The Morgan fingerprint density at radius 3 is 2.76 bits per heavy atom. The first-order valence-electron chi connectivity index (χ1n) is 5.10. The lowest BCUT2D eigenvalue weighted by atomic mass is 10.2. The van der Waals surface area contributed by atoms with Crippen molar-refractivity contribution in [2.45, 2.75) is 6.42 Å². The molecule has 0 aliphatic rings. The minimum absolute atomic E-state index is 0.314. The number of hydrogen-bond acceptors (Lipinski definition) is 5. The smallest absolute Gasteiger partial charge is 0.149 e. The second-order valence-electron chi connectivity index (χ2n) is 3.39. The maximum atomic E-state index is 9.13. The third kappa shape index (κ3) is 2.56. The molecule has 0 bridgehead atoms. The van der Waals surface area contributed by atoms with Gasteiger partial charge < -0.3 is 15.6 Å². The first kappa shape index (κ1) is 12.6. The highest BCUT2D eigenvalue weighted by molar-refractivity contribution is 5.60. The molecule has 1 heterocycles. The molecule has 0 atom stereocenters. The molecule has 0 radical (unpaired) electrons. The highest BCUT2D eigenvalue weighted by atomic mass is 15.1. The summed E-state index contributed by atoms with van der Waals surface area (Å²) in [5, 5.41) is 20.5. The fourth-order valence-corrected chi connectivity index (χ4v) is 1.43. The minimum atomic E-state index is 0.314. The molecule has 0 fully saturated rings. The van der Waals surface area contributed by atoms with Gasteiger partial charge in [0.15, 0.2) is 0 Å². The molecule has 0 unspecified atom stereocenters. The standard InChI is InChI=1S/C11H14N6/c1-15-9-6-10(14)17(2)11(8(9)7-13)16-5-3-4-12/h6,15H,3,5,14H2,1-2H3. The van der Waals surface area contributed by atoms with E-state index in [2.05, 4.69) is 16.4 Å². The number of rotatable bonds is 3. The van der Waals surface area contributed by atoms with Crippen LogP contribution in [0.1, 0.15) is 12.0 Å². The lowest BCUT2D eigenvalue weighted by molar-refractivity contribution is 0.808. The summed E-state index contributed by atoms with van der Waals surface area (Å²) in [7, 11) is 3.45. The molecular formula is C11H14N6. The van der Waals surface area contributed by atoms with Crippen LogP contribution in [0, 0.1) is 22.7 Å². The Morgan fingerprint density at radius 1 is 1.53 bits per heavy atom. The van der Waals surface area contributed by atoms with Gasteiger partial charge in [0.1, 0.15) is 22.9 Å². The fraction of sp³-hybridized carbons (Fsp3) is 0.364. The van der Waals surface area contributed by atoms with Crippen LogP contribution in [0.25, 0.3) is 0 Å². The average Bonchev–Trinajstić information content (AvgIpc) is 2.34. The van der Waals surface area contributed by atoms with E-state index >= 15 is 0 Å². The van der Waals surface area contributed by atoms with E-state index in [1.54, 1.807) is 24.7 Å². The zero-order valence-electron chi connectivity index (χ0n) is 9.86. The highest BCUT2D eigenvalue weighted by Crippen LogP contribution is 2.13. The van der Waals surface area contributed by atoms with Crippen molar-refractivity contribution in [2.24, 2.45) is 12.0 Å². The molecule has 0 saturated heterocycles. The van der Waals surface area contributed by atoms with Gasteiger partial charge in [0.05, 0.1) is 24.7 Å². The van der Waals surface area contributed by atoms with Crippen LogP contribution in [0.3, 0.4) is 0 Å². The van der Waals surface area contributed by atoms with Crippen molar-refractivity contribution in [3.63, 3.8) is 0 Å². The first-order valence-corrected chi connectivity index (χ1v) is 5.10. The van der Waals surface area contributed by atoms with Gasteiger partial charge in [-0.1, -0.05) is 0 Å². The second-order valence-corrected chi connectivity index (χ2v) is 3.39. The van der Waals surface area contributed by atoms with E-state index in [0.717, 1.165) is 0 Å². The molecule has 6 heteroatoms. The normalized spacial score (nSPS) is 10.7. The quantitative estimate of drug-likeness (QED) is 0.730. The average molecular weight is 230 g/mol. The Hall–Kier alpha value is -2.47. The monoisotopic (exact) mass is 230 g/mol. The number of hydrogen-bond donors (Lipinski definition) is 2. The van der Waals surface area contributed by atoms with E-state index < -0.39 is 0 Å². The fourth-order valence-electron chi connectivity index (χ4n) is 1.43. The van der Waals surface area contributed by atoms with Crippen LogP contribution in [0.15, 0.2) is 11.1 Å². The van der Waals surface area contributed by atoms with Gasteiger partial charge in [-0.25, -0.2) is 0 Å². The van der Waals surface area contributed by atoms with Gasteiger partial charge in [-0.2, -0.15) is 10.5 Å². The zero-order valence-corrected chi connectivity index (χ0v) is 9.86. The molecule has 0 amide bonds. The van der Waals surface area contributed by atoms with Crippen LogP contribution in [-0.4, -0.2) is 18.2 Å². The summed E-state index contributed by atoms with van der Waals surface area (Å²) in [5.41, 5.74) is 7.38. The van der Waals surface area contributed by atoms with Crippen LogP contribution in [0.4, 0.5) is 11.5 Å². The molecule has 0 spiro atoms. The Balaban J connectivity index is 3.46. The van der Waals surface area contributed by atoms with Crippen LogP contribution < -0.4 is 16.5 Å². The number of nitrogen functional groups attached to an aromatic ring is 1. The van der Waals surface area contributed by atoms with E-state index in [9.17, 15) is 0 Å². The molecule has 0 aliphatic carbocycles. The van der Waals surface area contributed by atoms with Crippen molar-refractivity contribution in [3.8, 4) is 12.1 Å². The number of aromatic nitrogens is 1. The van der Waals surface area contributed by atoms with Crippen LogP contribution in [0.5, 0.6) is 0 Å². The molecular weight excluding hydrogens is 216 g/mol. The highest BCUT2D eigenvalue weighted by Gasteiger charge is 2.08. The van der Waals surface area contributed by atoms with E-state index in [0.29, 0.717) is 35.5 Å². The molecule has 17 heavy (non-hydrogen) atoms. The molecule has 1 aromatic rings. The maximum absolute atomic E-state index is 9.13. The van der Waals surface area contributed by atoms with Gasteiger partial charge in [0.25, 0.3) is 0 Å². The SMILES string of the molecule is CNc1cc(N)n(C)c(=NCCC#N)c1C#N. The maximum Gasteiger partial charge on any atom is 0.149 e. The number of nitrogens with zero attached hydrogens (tertiary/aromatic N) is 4. The van der Waals surface area contributed by atoms with Crippen molar-refractivity contribution in [1.82, 2.24) is 4.57 Å². The van der Waals surface area contributed by atoms with Crippen molar-refractivity contribution in [3.05, 3.63) is 17.1 Å². The van der Waals surface area contributed by atoms with Gasteiger partial charge in [-0.05, 0) is 0 Å². The number of nitrogens with one attached hydrogen (secondary N) is 1. The number of anilines is 2. The number of nitrogens with two attached hydrogens (primary N) is 1. The predicted molar refractivity (Wildman–Crippen MR) is 64.7 cm³/mol. The Labute approximate surface area is 99.6 Å². The van der Waals surface area contributed by atoms with E-state index in [-0.39, 0.29) is 0 Å². The largest absolute Gasteiger partial charge is 0.387 e. The summed E-state index contributed by atoms with van der Waals surface area (Å²) < 4.78 is 1.64. The third-order valence-corrected chi connectivity index (χ3v) is 2.36. The summed E-state index contributed by atoms with van der Waals surface area (Å²) in [6, 6.07) is 5.78. The summed E-state index contributed by atoms with van der Waals surface area (Å²) in [5.74, 6) is 0.504. The lowest BCUT2D eigenvalue weighted by Crippen LogP contribution is -2.25. The molecule has 0 aliphatic heterocycles. The van der Waals surface area contributed by atoms with Gasteiger partial charge in [-0.3, -0.25) is 4.99 Å². The predicted octanol–water partition coefficient (Wildman–Crippen LogP) is 0.335. The molecule has 1 aromatic heterocycles. The molecule has 1 rings (SSSR count). The Bertz CT molecular complexity index is 555. The summed E-state index contributed by atoms with van der Waals surface area (Å²) >= 11 is 0. The first-order chi connectivity index (χ1) is 8.15. The van der Waals surface area contributed by atoms with Crippen LogP contribution in [-0.2, 0) is 7.05 Å². The molecule has 3 N–H and O–H groups in total. The topological polar surface area (TPSA) is 103 Å². The second kappa shape index (κ2) is 5.57. The van der Waals surface area contributed by atoms with Gasteiger partial charge >= 0.3 is 0 Å². The lowest BCUT2D eigenvalue weighted by Gasteiger charge is -2.10. The van der Waals surface area contributed by atoms with E-state index in [1.165, 1.54) is 0 Å². The molecule has 0 aromatic carbocycles. The summed E-state index contributed by atoms with van der Waals surface area (Å²) in [6.07, 6.45) is 0.314. The Morgan fingerprint density at radius 2 is 2.24 bits per heavy atom. The molecule has 6 nitrogen and oxygen atoms in total. The van der Waals surface area contributed by atoms with Crippen molar-refractivity contribution in [1.29, 1.82) is 10.5 Å². The van der Waals surface area contributed by atoms with Crippen LogP contribution >= 0.6 is 0 Å². The van der Waals surface area contributed by atoms with Crippen molar-refractivity contribution in [2.75, 3.05) is 24.6 Å². The molecule has 0 saturated carbocycles. The minimum Gasteiger partial charge on any atom is -0.387 e. The summed E-state index contributed by atoms with van der Waals surface area (Å²) in [4.78, 5) is 4.23.